The van der Waals surface area contributed by atoms with Gasteiger partial charge >= 0.3 is 0 Å². The van der Waals surface area contributed by atoms with E-state index in [2.05, 4.69) is 51.1 Å². The molecule has 2 aromatic rings. The SMILES string of the molecule is CN1C[C@@H]2C[C@H]1CN2c1ccc(-c2ccnc(N)n2)cc1. The highest BCUT2D eigenvalue weighted by Gasteiger charge is 2.41. The lowest BCUT2D eigenvalue weighted by molar-refractivity contribution is 0.292. The van der Waals surface area contributed by atoms with Crippen LogP contribution in [0.1, 0.15) is 6.42 Å². The first kappa shape index (κ1) is 12.6. The van der Waals surface area contributed by atoms with Gasteiger partial charge in [0.05, 0.1) is 5.69 Å². The predicted octanol–water partition coefficient (Wildman–Crippen LogP) is 1.62. The van der Waals surface area contributed by atoms with Crippen LogP contribution in [-0.2, 0) is 0 Å². The zero-order valence-corrected chi connectivity index (χ0v) is 12.1. The third-order valence-corrected chi connectivity index (χ3v) is 4.68. The summed E-state index contributed by atoms with van der Waals surface area (Å²) >= 11 is 0. The zero-order valence-electron chi connectivity index (χ0n) is 12.1. The van der Waals surface area contributed by atoms with Crippen LogP contribution in [0.4, 0.5) is 11.6 Å². The monoisotopic (exact) mass is 281 g/mol. The number of hydrogen-bond donors (Lipinski definition) is 1. The number of fused-ring (bicyclic) bond motifs is 2. The number of nitrogen functional groups attached to an aromatic ring is 1. The Morgan fingerprint density at radius 1 is 1.10 bits per heavy atom. The lowest BCUT2D eigenvalue weighted by Crippen LogP contribution is -2.44. The van der Waals surface area contributed by atoms with Gasteiger partial charge in [-0.1, -0.05) is 12.1 Å². The molecule has 21 heavy (non-hydrogen) atoms. The summed E-state index contributed by atoms with van der Waals surface area (Å²) in [4.78, 5) is 13.2. The summed E-state index contributed by atoms with van der Waals surface area (Å²) in [5.41, 5.74) is 8.90. The van der Waals surface area contributed by atoms with E-state index in [9.17, 15) is 0 Å². The van der Waals surface area contributed by atoms with Gasteiger partial charge in [-0.3, -0.25) is 4.90 Å². The van der Waals surface area contributed by atoms with Crippen LogP contribution in [0.25, 0.3) is 11.3 Å². The Morgan fingerprint density at radius 3 is 2.52 bits per heavy atom. The van der Waals surface area contributed by atoms with Crippen molar-refractivity contribution in [2.75, 3.05) is 30.8 Å². The van der Waals surface area contributed by atoms with Gasteiger partial charge in [-0.05, 0) is 31.7 Å². The maximum absolute atomic E-state index is 5.64. The van der Waals surface area contributed by atoms with Crippen molar-refractivity contribution < 1.29 is 0 Å². The molecule has 2 aliphatic rings. The van der Waals surface area contributed by atoms with E-state index in [1.165, 1.54) is 18.7 Å². The Bertz CT molecular complexity index is 652. The van der Waals surface area contributed by atoms with E-state index < -0.39 is 0 Å². The first-order valence-corrected chi connectivity index (χ1v) is 7.36. The van der Waals surface area contributed by atoms with Crippen molar-refractivity contribution in [1.82, 2.24) is 14.9 Å². The van der Waals surface area contributed by atoms with Gasteiger partial charge in [-0.15, -0.1) is 0 Å². The predicted molar refractivity (Wildman–Crippen MR) is 84.0 cm³/mol. The number of likely N-dealkylation sites (tertiary alicyclic amines) is 1. The van der Waals surface area contributed by atoms with Crippen molar-refractivity contribution in [2.24, 2.45) is 0 Å². The molecule has 0 saturated carbocycles. The molecule has 0 amide bonds. The second-order valence-electron chi connectivity index (χ2n) is 5.98. The molecule has 5 nitrogen and oxygen atoms in total. The third kappa shape index (κ3) is 2.14. The first-order chi connectivity index (χ1) is 10.2. The van der Waals surface area contributed by atoms with E-state index in [0.29, 0.717) is 12.0 Å². The Balaban J connectivity index is 1.57. The van der Waals surface area contributed by atoms with Crippen molar-refractivity contribution in [3.05, 3.63) is 36.5 Å². The zero-order chi connectivity index (χ0) is 14.4. The van der Waals surface area contributed by atoms with Gasteiger partial charge in [0.25, 0.3) is 0 Å². The number of likely N-dealkylation sites (N-methyl/N-ethyl adjacent to an activating group) is 1. The molecule has 2 atom stereocenters. The molecule has 108 valence electrons. The molecule has 2 bridgehead atoms. The van der Waals surface area contributed by atoms with Gasteiger partial charge in [0, 0.05) is 42.6 Å². The van der Waals surface area contributed by atoms with E-state index in [0.717, 1.165) is 23.8 Å². The minimum Gasteiger partial charge on any atom is -0.368 e. The summed E-state index contributed by atoms with van der Waals surface area (Å²) in [5.74, 6) is 0.316. The summed E-state index contributed by atoms with van der Waals surface area (Å²) in [6, 6.07) is 11.9. The van der Waals surface area contributed by atoms with E-state index in [1.807, 2.05) is 6.07 Å². The van der Waals surface area contributed by atoms with Crippen LogP contribution >= 0.6 is 0 Å². The minimum atomic E-state index is 0.316. The summed E-state index contributed by atoms with van der Waals surface area (Å²) in [7, 11) is 2.23. The van der Waals surface area contributed by atoms with E-state index in [1.54, 1.807) is 6.20 Å². The molecule has 0 aliphatic carbocycles. The molecule has 0 spiro atoms. The molecule has 2 N–H and O–H groups in total. The van der Waals surface area contributed by atoms with Crippen LogP contribution in [0.15, 0.2) is 36.5 Å². The molecule has 2 saturated heterocycles. The maximum Gasteiger partial charge on any atom is 0.220 e. The molecular weight excluding hydrogens is 262 g/mol. The quantitative estimate of drug-likeness (QED) is 0.906. The molecule has 4 rings (SSSR count). The number of nitrogens with two attached hydrogens (primary N) is 1. The Labute approximate surface area is 124 Å². The van der Waals surface area contributed by atoms with Gasteiger partial charge in [0.15, 0.2) is 0 Å². The number of hydrogen-bond acceptors (Lipinski definition) is 5. The molecule has 2 aliphatic heterocycles. The summed E-state index contributed by atoms with van der Waals surface area (Å²) in [5, 5.41) is 0. The van der Waals surface area contributed by atoms with Crippen LogP contribution < -0.4 is 10.6 Å². The highest BCUT2D eigenvalue weighted by Crippen LogP contribution is 2.34. The second kappa shape index (κ2) is 4.70. The molecule has 2 fully saturated rings. The standard InChI is InChI=1S/C16H19N5/c1-20-9-14-8-13(20)10-21(14)12-4-2-11(3-5-12)15-6-7-18-16(17)19-15/h2-7,13-14H,8-10H2,1H3,(H2,17,18,19)/t13-,14-/m0/s1. The van der Waals surface area contributed by atoms with Crippen LogP contribution in [0.3, 0.4) is 0 Å². The van der Waals surface area contributed by atoms with E-state index >= 15 is 0 Å². The lowest BCUT2D eigenvalue weighted by atomic mass is 10.1. The van der Waals surface area contributed by atoms with Crippen LogP contribution in [-0.4, -0.2) is 47.1 Å². The third-order valence-electron chi connectivity index (χ3n) is 4.68. The van der Waals surface area contributed by atoms with Crippen LogP contribution in [0.5, 0.6) is 0 Å². The average molecular weight is 281 g/mol. The molecule has 5 heteroatoms. The first-order valence-electron chi connectivity index (χ1n) is 7.36. The molecule has 0 unspecified atom stereocenters. The number of anilines is 2. The van der Waals surface area contributed by atoms with Gasteiger partial charge < -0.3 is 10.6 Å². The van der Waals surface area contributed by atoms with Crippen molar-refractivity contribution in [3.63, 3.8) is 0 Å². The highest BCUT2D eigenvalue weighted by molar-refractivity contribution is 5.64. The largest absolute Gasteiger partial charge is 0.368 e. The van der Waals surface area contributed by atoms with Crippen molar-refractivity contribution >= 4 is 11.6 Å². The van der Waals surface area contributed by atoms with Gasteiger partial charge in [0.1, 0.15) is 0 Å². The number of piperazine rings is 1. The Hall–Kier alpha value is -2.14. The average Bonchev–Trinajstić information content (AvgIpc) is 3.06. The molecule has 1 aromatic carbocycles. The van der Waals surface area contributed by atoms with Crippen LogP contribution in [0, 0.1) is 0 Å². The lowest BCUT2D eigenvalue weighted by Gasteiger charge is -2.33. The van der Waals surface area contributed by atoms with E-state index in [-0.39, 0.29) is 0 Å². The smallest absolute Gasteiger partial charge is 0.220 e. The molecule has 0 radical (unpaired) electrons. The molecular formula is C16H19N5. The Morgan fingerprint density at radius 2 is 1.90 bits per heavy atom. The van der Waals surface area contributed by atoms with E-state index in [4.69, 9.17) is 5.73 Å². The summed E-state index contributed by atoms with van der Waals surface area (Å²) in [6.45, 7) is 2.32. The molecule has 1 aromatic heterocycles. The highest BCUT2D eigenvalue weighted by atomic mass is 15.3. The number of benzene rings is 1. The second-order valence-corrected chi connectivity index (χ2v) is 5.98. The van der Waals surface area contributed by atoms with Crippen molar-refractivity contribution in [2.45, 2.75) is 18.5 Å². The van der Waals surface area contributed by atoms with Crippen molar-refractivity contribution in [1.29, 1.82) is 0 Å². The molecule has 3 heterocycles. The normalized spacial score (nSPS) is 24.7. The number of rotatable bonds is 2. The maximum atomic E-state index is 5.64. The fourth-order valence-corrected chi connectivity index (χ4v) is 3.54. The summed E-state index contributed by atoms with van der Waals surface area (Å²) < 4.78 is 0. The minimum absolute atomic E-state index is 0.316. The Kier molecular flexibility index (Phi) is 2.82. The topological polar surface area (TPSA) is 58.3 Å². The number of aromatic nitrogens is 2. The fourth-order valence-electron chi connectivity index (χ4n) is 3.54. The van der Waals surface area contributed by atoms with Crippen molar-refractivity contribution in [3.8, 4) is 11.3 Å². The summed E-state index contributed by atoms with van der Waals surface area (Å²) in [6.07, 6.45) is 2.99. The number of nitrogens with zero attached hydrogens (tertiary/aromatic N) is 4. The van der Waals surface area contributed by atoms with Crippen LogP contribution in [0.2, 0.25) is 0 Å². The van der Waals surface area contributed by atoms with Gasteiger partial charge in [0.2, 0.25) is 5.95 Å². The van der Waals surface area contributed by atoms with Gasteiger partial charge in [-0.2, -0.15) is 0 Å². The van der Waals surface area contributed by atoms with Gasteiger partial charge in [-0.25, -0.2) is 9.97 Å². The fraction of sp³-hybridized carbons (Fsp3) is 0.375.